The molecule has 0 radical (unpaired) electrons. The number of benzene rings is 1. The number of carbonyl (C=O) groups is 1. The molecule has 39 heavy (non-hydrogen) atoms. The van der Waals surface area contributed by atoms with E-state index in [1.165, 1.54) is 50.4 Å². The van der Waals surface area contributed by atoms with Crippen molar-refractivity contribution in [2.75, 3.05) is 32.7 Å². The molecule has 1 N–H and O–H groups in total. The molecule has 210 valence electrons. The molecule has 1 amide bonds. The lowest BCUT2D eigenvalue weighted by Gasteiger charge is -2.30. The van der Waals surface area contributed by atoms with Crippen molar-refractivity contribution in [1.82, 2.24) is 15.1 Å². The predicted molar refractivity (Wildman–Crippen MR) is 168 cm³/mol. The zero-order valence-corrected chi connectivity index (χ0v) is 25.4. The summed E-state index contributed by atoms with van der Waals surface area (Å²) < 4.78 is 7.09. The average Bonchev–Trinajstić information content (AvgIpc) is 3.70. The van der Waals surface area contributed by atoms with E-state index in [1.807, 2.05) is 35.2 Å². The molecule has 5 nitrogen and oxygen atoms in total. The maximum atomic E-state index is 13.5. The average molecular weight is 607 g/mol. The van der Waals surface area contributed by atoms with Crippen LogP contribution in [0.25, 0.3) is 17.4 Å². The number of piperazine rings is 1. The molecule has 3 atom stereocenters. The van der Waals surface area contributed by atoms with Crippen LogP contribution in [0.2, 0.25) is 5.02 Å². The number of aryl methyl sites for hydroxylation is 1. The highest BCUT2D eigenvalue weighted by atomic mass is 35.5. The SMILES string of the molecule is Cl.O=C1/C(=C/c2oc(-c3ccc(Cl)cc3)cc2CCCCCN2CCNCC2)SC(=S)N1C1CC2CCC1C2. The van der Waals surface area contributed by atoms with Crippen LogP contribution in [0.5, 0.6) is 0 Å². The minimum absolute atomic E-state index is 0. The van der Waals surface area contributed by atoms with E-state index in [0.29, 0.717) is 20.2 Å². The molecular weight excluding hydrogens is 569 g/mol. The summed E-state index contributed by atoms with van der Waals surface area (Å²) >= 11 is 13.3. The second-order valence-electron chi connectivity index (χ2n) is 11.2. The molecule has 0 spiro atoms. The Bertz CT molecular complexity index is 1210. The number of amides is 1. The van der Waals surface area contributed by atoms with Gasteiger partial charge in [0.1, 0.15) is 15.8 Å². The first-order valence-corrected chi connectivity index (χ1v) is 15.7. The van der Waals surface area contributed by atoms with E-state index in [9.17, 15) is 4.79 Å². The van der Waals surface area contributed by atoms with Crippen LogP contribution >= 0.6 is 48.0 Å². The predicted octanol–water partition coefficient (Wildman–Crippen LogP) is 7.03. The van der Waals surface area contributed by atoms with E-state index in [4.69, 9.17) is 28.2 Å². The lowest BCUT2D eigenvalue weighted by Crippen LogP contribution is -2.43. The van der Waals surface area contributed by atoms with Crippen LogP contribution < -0.4 is 5.32 Å². The molecule has 3 unspecified atom stereocenters. The van der Waals surface area contributed by atoms with Crippen LogP contribution in [0.1, 0.15) is 56.3 Å². The molecule has 2 aliphatic heterocycles. The highest BCUT2D eigenvalue weighted by Gasteiger charge is 2.48. The van der Waals surface area contributed by atoms with Crippen molar-refractivity contribution in [3.05, 3.63) is 51.6 Å². The molecule has 2 bridgehead atoms. The topological polar surface area (TPSA) is 48.7 Å². The van der Waals surface area contributed by atoms with E-state index in [1.54, 1.807) is 0 Å². The first-order chi connectivity index (χ1) is 18.5. The van der Waals surface area contributed by atoms with Gasteiger partial charge in [-0.3, -0.25) is 9.69 Å². The third-order valence-corrected chi connectivity index (χ3v) is 10.3. The maximum Gasteiger partial charge on any atom is 0.266 e. The lowest BCUT2D eigenvalue weighted by atomic mass is 9.94. The van der Waals surface area contributed by atoms with Gasteiger partial charge in [0.15, 0.2) is 0 Å². The lowest BCUT2D eigenvalue weighted by molar-refractivity contribution is -0.124. The number of hydrogen-bond acceptors (Lipinski definition) is 6. The molecule has 1 aromatic heterocycles. The second-order valence-corrected chi connectivity index (χ2v) is 13.3. The molecule has 4 fully saturated rings. The summed E-state index contributed by atoms with van der Waals surface area (Å²) in [4.78, 5) is 18.7. The molecule has 4 aliphatic rings. The first kappa shape index (κ1) is 29.2. The normalized spacial score (nSPS) is 26.1. The van der Waals surface area contributed by atoms with Crippen LogP contribution in [0.3, 0.4) is 0 Å². The summed E-state index contributed by atoms with van der Waals surface area (Å²) in [5, 5.41) is 4.13. The standard InChI is InChI=1S/C30H36ClN3O2S2.ClH/c31-24-9-7-21(8-10-24)26-18-23(4-2-1-3-13-33-14-11-32-12-15-33)27(36-26)19-28-29(35)34(30(37)38-28)25-17-20-5-6-22(25)16-20;/h7-10,18-20,22,25,32H,1-6,11-17H2;1H/b28-19-;. The van der Waals surface area contributed by atoms with E-state index >= 15 is 0 Å². The van der Waals surface area contributed by atoms with Gasteiger partial charge in [-0.15, -0.1) is 12.4 Å². The fourth-order valence-corrected chi connectivity index (χ4v) is 8.16. The number of unbranched alkanes of at least 4 members (excludes halogenated alkanes) is 2. The van der Waals surface area contributed by atoms with Crippen LogP contribution in [-0.4, -0.2) is 58.8 Å². The number of furan rings is 1. The highest BCUT2D eigenvalue weighted by Crippen LogP contribution is 2.49. The molecule has 9 heteroatoms. The number of thiocarbonyl (C=S) groups is 1. The van der Waals surface area contributed by atoms with Gasteiger partial charge in [0.05, 0.1) is 4.91 Å². The quantitative estimate of drug-likeness (QED) is 0.188. The van der Waals surface area contributed by atoms with E-state index in [-0.39, 0.29) is 24.4 Å². The summed E-state index contributed by atoms with van der Waals surface area (Å²) in [6.45, 7) is 5.66. The van der Waals surface area contributed by atoms with E-state index < -0.39 is 0 Å². The molecule has 2 saturated carbocycles. The number of nitrogens with one attached hydrogen (secondary N) is 1. The number of rotatable bonds is 9. The Morgan fingerprint density at radius 3 is 2.62 bits per heavy atom. The van der Waals surface area contributed by atoms with Gasteiger partial charge >= 0.3 is 0 Å². The summed E-state index contributed by atoms with van der Waals surface area (Å²) in [5.74, 6) is 3.03. The van der Waals surface area contributed by atoms with Crippen molar-refractivity contribution >= 4 is 64.3 Å². The van der Waals surface area contributed by atoms with Crippen LogP contribution in [0.4, 0.5) is 0 Å². The molecule has 6 rings (SSSR count). The maximum absolute atomic E-state index is 13.5. The Labute approximate surface area is 252 Å². The van der Waals surface area contributed by atoms with Gasteiger partial charge in [0, 0.05) is 48.9 Å². The van der Waals surface area contributed by atoms with Crippen LogP contribution in [0.15, 0.2) is 39.7 Å². The minimum Gasteiger partial charge on any atom is -0.456 e. The van der Waals surface area contributed by atoms with Gasteiger partial charge in [-0.25, -0.2) is 0 Å². The second kappa shape index (κ2) is 13.1. The number of thioether (sulfide) groups is 1. The van der Waals surface area contributed by atoms with E-state index in [2.05, 4.69) is 16.3 Å². The third-order valence-electron chi connectivity index (χ3n) is 8.72. The number of halogens is 2. The smallest absolute Gasteiger partial charge is 0.266 e. The first-order valence-electron chi connectivity index (χ1n) is 14.1. The molecule has 2 saturated heterocycles. The van der Waals surface area contributed by atoms with Gasteiger partial charge in [-0.05, 0) is 92.8 Å². The van der Waals surface area contributed by atoms with Crippen LogP contribution in [-0.2, 0) is 11.2 Å². The van der Waals surface area contributed by atoms with Crippen molar-refractivity contribution in [3.63, 3.8) is 0 Å². The van der Waals surface area contributed by atoms with Crippen molar-refractivity contribution in [2.24, 2.45) is 11.8 Å². The highest BCUT2D eigenvalue weighted by molar-refractivity contribution is 8.26. The molecule has 2 aromatic rings. The third kappa shape index (κ3) is 6.60. The minimum atomic E-state index is 0. The summed E-state index contributed by atoms with van der Waals surface area (Å²) in [6, 6.07) is 10.2. The Kier molecular flexibility index (Phi) is 9.79. The van der Waals surface area contributed by atoms with Crippen molar-refractivity contribution in [3.8, 4) is 11.3 Å². The number of hydrogen-bond donors (Lipinski definition) is 1. The fourth-order valence-electron chi connectivity index (χ4n) is 6.69. The Hall–Kier alpha value is -1.35. The van der Waals surface area contributed by atoms with Gasteiger partial charge in [-0.2, -0.15) is 0 Å². The van der Waals surface area contributed by atoms with E-state index in [0.717, 1.165) is 74.0 Å². The monoisotopic (exact) mass is 605 g/mol. The summed E-state index contributed by atoms with van der Waals surface area (Å²) in [6.07, 6.45) is 11.2. The molecular formula is C30H37Cl2N3O2S2. The Balaban J connectivity index is 0.00000308. The van der Waals surface area contributed by atoms with Crippen molar-refractivity contribution in [2.45, 2.75) is 57.4 Å². The number of nitrogens with zero attached hydrogens (tertiary/aromatic N) is 2. The van der Waals surface area contributed by atoms with Gasteiger partial charge in [0.25, 0.3) is 5.91 Å². The molecule has 1 aromatic carbocycles. The molecule has 3 heterocycles. The van der Waals surface area contributed by atoms with Crippen molar-refractivity contribution < 1.29 is 9.21 Å². The van der Waals surface area contributed by atoms with Gasteiger partial charge < -0.3 is 14.6 Å². The Morgan fingerprint density at radius 2 is 1.90 bits per heavy atom. The Morgan fingerprint density at radius 1 is 1.10 bits per heavy atom. The molecule has 2 aliphatic carbocycles. The number of fused-ring (bicyclic) bond motifs is 2. The van der Waals surface area contributed by atoms with Gasteiger partial charge in [-0.1, -0.05) is 48.4 Å². The van der Waals surface area contributed by atoms with Crippen LogP contribution in [0, 0.1) is 11.8 Å². The summed E-state index contributed by atoms with van der Waals surface area (Å²) in [5.41, 5.74) is 2.14. The number of carbonyl (C=O) groups excluding carboxylic acids is 1. The van der Waals surface area contributed by atoms with Crippen molar-refractivity contribution in [1.29, 1.82) is 0 Å². The zero-order valence-electron chi connectivity index (χ0n) is 22.2. The zero-order chi connectivity index (χ0) is 26.1. The largest absolute Gasteiger partial charge is 0.456 e. The van der Waals surface area contributed by atoms with Gasteiger partial charge in [0.2, 0.25) is 0 Å². The fraction of sp³-hybridized carbons (Fsp3) is 0.533. The summed E-state index contributed by atoms with van der Waals surface area (Å²) in [7, 11) is 0.